The Labute approximate surface area is 357 Å². The van der Waals surface area contributed by atoms with Gasteiger partial charge in [0.25, 0.3) is 6.47 Å². The molecule has 17 heteroatoms. The molecule has 0 bridgehead atoms. The normalized spacial score (nSPS) is 32.0. The zero-order valence-corrected chi connectivity index (χ0v) is 32.8. The van der Waals surface area contributed by atoms with Crippen LogP contribution in [0.4, 0.5) is 8.78 Å². The largest absolute Gasteiger partial charge is 1.00 e. The van der Waals surface area contributed by atoms with Crippen LogP contribution in [0, 0.1) is 0 Å². The van der Waals surface area contributed by atoms with Crippen molar-refractivity contribution in [2.24, 2.45) is 0 Å². The van der Waals surface area contributed by atoms with Crippen LogP contribution < -0.4 is 108 Å². The minimum atomic E-state index is -1.43. The van der Waals surface area contributed by atoms with Gasteiger partial charge in [-0.1, -0.05) is 60.7 Å². The van der Waals surface area contributed by atoms with E-state index in [1.165, 1.54) is 6.92 Å². The van der Waals surface area contributed by atoms with Gasteiger partial charge < -0.3 is 54.9 Å². The number of benzene rings is 2. The van der Waals surface area contributed by atoms with Crippen LogP contribution in [0.25, 0.3) is 0 Å². The molecule has 4 heterocycles. The standard InChI is InChI=1S/C15H17FO5.C13H15FO4.CH2O3.CH4O.2K.H/c1-9(17)20-11-7-18-12-8-19-15(21-14(12)13(11)16)10-5-3-2-4-6-10;14-11-9(15)6-16-10-7-17-13(18-12(10)11)8-4-2-1-3-5-8;2-1-4-3;1-2;;;/h2-6,11-15H,7-8H2,1H3;1-5,9-13,15H,6-7H2;1,3H;2H,1H3;;;/q;;;;2*+1;-1/p-1/t11-,12+,13+,14+,15?;9-,10+,11+,12+,13?;;;;;/m00...../s1. The minimum absolute atomic E-state index is 0. The molecular weight excluding hydrogens is 685 g/mol. The summed E-state index contributed by atoms with van der Waals surface area (Å²) < 4.78 is 66.5. The summed E-state index contributed by atoms with van der Waals surface area (Å²) in [7, 11) is 1.00. The van der Waals surface area contributed by atoms with Gasteiger partial charge in [-0.05, 0) is 0 Å². The van der Waals surface area contributed by atoms with Gasteiger partial charge in [0.2, 0.25) is 0 Å². The van der Waals surface area contributed by atoms with Crippen molar-refractivity contribution in [2.45, 2.75) is 68.5 Å². The fourth-order valence-corrected chi connectivity index (χ4v) is 4.88. The van der Waals surface area contributed by atoms with Gasteiger partial charge >= 0.3 is 109 Å². The van der Waals surface area contributed by atoms with Crippen LogP contribution in [0.15, 0.2) is 60.7 Å². The van der Waals surface area contributed by atoms with Crippen LogP contribution in [-0.2, 0) is 47.6 Å². The van der Waals surface area contributed by atoms with E-state index in [0.717, 1.165) is 18.2 Å². The summed E-state index contributed by atoms with van der Waals surface area (Å²) in [6, 6.07) is 18.7. The average Bonchev–Trinajstić information content (AvgIpc) is 3.09. The fourth-order valence-electron chi connectivity index (χ4n) is 4.88. The van der Waals surface area contributed by atoms with Gasteiger partial charge in [0.15, 0.2) is 31.0 Å². The summed E-state index contributed by atoms with van der Waals surface area (Å²) >= 11 is 0. The van der Waals surface area contributed by atoms with Crippen molar-refractivity contribution in [3.63, 3.8) is 0 Å². The van der Waals surface area contributed by atoms with E-state index in [1.807, 2.05) is 60.7 Å². The molecule has 4 saturated heterocycles. The minimum Gasteiger partial charge on any atom is -1.00 e. The molecule has 0 saturated carbocycles. The number of alkyl halides is 2. The van der Waals surface area contributed by atoms with Crippen LogP contribution >= 0.6 is 0 Å². The summed E-state index contributed by atoms with van der Waals surface area (Å²) in [6.45, 7) is 1.60. The number of aliphatic hydroxyl groups is 2. The predicted molar refractivity (Wildman–Crippen MR) is 147 cm³/mol. The van der Waals surface area contributed by atoms with E-state index in [9.17, 15) is 18.7 Å². The second-order valence-electron chi connectivity index (χ2n) is 9.89. The topological polar surface area (TPSA) is 172 Å². The molecular formula is C30H38F2K2O13. The molecule has 0 aliphatic carbocycles. The molecule has 0 radical (unpaired) electrons. The van der Waals surface area contributed by atoms with E-state index in [4.69, 9.17) is 48.3 Å². The van der Waals surface area contributed by atoms with Crippen molar-refractivity contribution in [3.8, 4) is 0 Å². The zero-order valence-electron chi connectivity index (χ0n) is 27.6. The van der Waals surface area contributed by atoms with Crippen LogP contribution in [0.1, 0.15) is 32.1 Å². The Morgan fingerprint density at radius 3 is 1.66 bits per heavy atom. The third-order valence-corrected chi connectivity index (χ3v) is 6.92. The number of fused-ring (bicyclic) bond motifs is 2. The van der Waals surface area contributed by atoms with Gasteiger partial charge in [0.05, 0.1) is 26.4 Å². The first-order valence-corrected chi connectivity index (χ1v) is 14.0. The van der Waals surface area contributed by atoms with Gasteiger partial charge in [-0.2, -0.15) is 0 Å². The smallest absolute Gasteiger partial charge is 1.00 e. The number of esters is 1. The molecule has 47 heavy (non-hydrogen) atoms. The molecule has 4 fully saturated rings. The van der Waals surface area contributed by atoms with Crippen molar-refractivity contribution in [1.29, 1.82) is 0 Å². The van der Waals surface area contributed by atoms with E-state index in [1.54, 1.807) is 0 Å². The summed E-state index contributed by atoms with van der Waals surface area (Å²) in [5.74, 6) is -0.531. The second-order valence-corrected chi connectivity index (χ2v) is 9.89. The first kappa shape index (κ1) is 45.2. The van der Waals surface area contributed by atoms with Crippen LogP contribution in [0.5, 0.6) is 0 Å². The molecule has 0 amide bonds. The molecule has 2 aromatic rings. The molecule has 252 valence electrons. The van der Waals surface area contributed by atoms with Crippen LogP contribution in [-0.4, -0.2) is 105 Å². The maximum atomic E-state index is 14.5. The SMILES string of the molecule is CC(=O)O[C@H]1CO[C@@H]2COC(c3ccccc3)O[C@H]2[C@@H]1F.CO.O=CO[O-].O[C@H]1CO[C@@H]2COC(c3ccccc3)O[C@H]2[C@@H]1F.[H-].[K+].[K+]. The van der Waals surface area contributed by atoms with Crippen LogP contribution in [0.2, 0.25) is 0 Å². The number of rotatable bonds is 4. The van der Waals surface area contributed by atoms with E-state index in [-0.39, 0.29) is 137 Å². The molecule has 2 aromatic carbocycles. The zero-order chi connectivity index (χ0) is 32.8. The average molecular weight is 723 g/mol. The van der Waals surface area contributed by atoms with E-state index in [0.29, 0.717) is 0 Å². The van der Waals surface area contributed by atoms with E-state index >= 15 is 0 Å². The predicted octanol–water partition coefficient (Wildman–Crippen LogP) is -4.87. The van der Waals surface area contributed by atoms with Crippen molar-refractivity contribution >= 4 is 12.4 Å². The number of hydrogen-bond donors (Lipinski definition) is 2. The summed E-state index contributed by atoms with van der Waals surface area (Å²) in [6.07, 6.45) is -8.64. The molecule has 13 nitrogen and oxygen atoms in total. The van der Waals surface area contributed by atoms with Gasteiger partial charge in [-0.3, -0.25) is 9.59 Å². The van der Waals surface area contributed by atoms with Crippen molar-refractivity contribution in [2.75, 3.05) is 33.5 Å². The van der Waals surface area contributed by atoms with Gasteiger partial charge in [-0.15, -0.1) is 0 Å². The Kier molecular flexibility index (Phi) is 23.4. The Hall–Kier alpha value is 0.153. The third-order valence-electron chi connectivity index (χ3n) is 6.92. The molecule has 2 unspecified atom stereocenters. The molecule has 10 atom stereocenters. The fraction of sp³-hybridized carbons (Fsp3) is 0.533. The summed E-state index contributed by atoms with van der Waals surface area (Å²) in [5.41, 5.74) is 1.65. The number of ether oxygens (including phenoxy) is 7. The maximum Gasteiger partial charge on any atom is 1.00 e. The molecule has 2 N–H and O–H groups in total. The van der Waals surface area contributed by atoms with E-state index < -0.39 is 67.5 Å². The number of halogens is 2. The molecule has 0 spiro atoms. The van der Waals surface area contributed by atoms with Crippen LogP contribution in [0.3, 0.4) is 0 Å². The Morgan fingerprint density at radius 1 is 0.809 bits per heavy atom. The van der Waals surface area contributed by atoms with Crippen molar-refractivity contribution < 1.29 is 176 Å². The Morgan fingerprint density at radius 2 is 1.23 bits per heavy atom. The molecule has 4 aliphatic rings. The number of carbonyl (C=O) groups excluding carboxylic acids is 2. The Bertz CT molecular complexity index is 1150. The quantitative estimate of drug-likeness (QED) is 0.101. The molecule has 6 rings (SSSR count). The number of carbonyl (C=O) groups is 2. The van der Waals surface area contributed by atoms with E-state index in [2.05, 4.69) is 4.89 Å². The number of hydrogen-bond acceptors (Lipinski definition) is 13. The summed E-state index contributed by atoms with van der Waals surface area (Å²) in [4.78, 5) is 22.2. The van der Waals surface area contributed by atoms with Gasteiger partial charge in [0.1, 0.15) is 30.5 Å². The molecule has 0 aromatic heterocycles. The second kappa shape index (κ2) is 24.4. The molecule has 4 aliphatic heterocycles. The first-order chi connectivity index (χ1) is 21.8. The maximum absolute atomic E-state index is 14.5. The van der Waals surface area contributed by atoms with Crippen molar-refractivity contribution in [3.05, 3.63) is 71.8 Å². The monoisotopic (exact) mass is 722 g/mol. The van der Waals surface area contributed by atoms with Gasteiger partial charge in [-0.25, -0.2) is 8.78 Å². The van der Waals surface area contributed by atoms with Gasteiger partial charge in [0, 0.05) is 25.2 Å². The number of aliphatic hydroxyl groups excluding tert-OH is 2. The third kappa shape index (κ3) is 13.7. The Balaban J connectivity index is 0.000000756. The summed E-state index contributed by atoms with van der Waals surface area (Å²) in [5, 5.41) is 24.9. The van der Waals surface area contributed by atoms with Crippen molar-refractivity contribution in [1.82, 2.24) is 0 Å². The first-order valence-electron chi connectivity index (χ1n) is 14.0.